The summed E-state index contributed by atoms with van der Waals surface area (Å²) in [6.45, 7) is 1.43. The number of nitrogens with zero attached hydrogens (tertiary/aromatic N) is 2. The Morgan fingerprint density at radius 1 is 1.91 bits per heavy atom. The maximum Gasteiger partial charge on any atom is 0.328 e. The third kappa shape index (κ3) is 1.54. The van der Waals surface area contributed by atoms with Crippen LogP contribution in [-0.4, -0.2) is 20.9 Å². The molecule has 60 valence electrons. The van der Waals surface area contributed by atoms with Crippen molar-refractivity contribution in [1.82, 2.24) is 9.78 Å². The minimum absolute atomic E-state index is 0.668. The third-order valence-corrected chi connectivity index (χ3v) is 1.33. The molecular weight excluding hydrogens is 151 g/mol. The fourth-order valence-electron chi connectivity index (χ4n) is 0.644. The van der Waals surface area contributed by atoms with E-state index in [1.165, 1.54) is 13.1 Å². The highest BCUT2D eigenvalue weighted by Crippen LogP contribution is 2.03. The average Bonchev–Trinajstić information content (AvgIpc) is 2.34. The average molecular weight is 158 g/mol. The molecule has 0 amide bonds. The van der Waals surface area contributed by atoms with E-state index in [1.54, 1.807) is 0 Å². The summed E-state index contributed by atoms with van der Waals surface area (Å²) in [6, 6.07) is 0.291. The molecule has 0 fully saturated rings. The largest absolute Gasteiger partial charge is 0.480 e. The van der Waals surface area contributed by atoms with Crippen molar-refractivity contribution in [3.8, 4) is 0 Å². The lowest BCUT2D eigenvalue weighted by Crippen LogP contribution is -2.15. The first-order chi connectivity index (χ1) is 5.11. The molecule has 0 radical (unpaired) electrons. The van der Waals surface area contributed by atoms with Gasteiger partial charge >= 0.3 is 5.97 Å². The highest BCUT2D eigenvalue weighted by molar-refractivity contribution is 5.71. The molecule has 0 aliphatic rings. The Bertz CT molecular complexity index is 271. The van der Waals surface area contributed by atoms with Crippen molar-refractivity contribution >= 4 is 5.97 Å². The molecule has 1 aromatic rings. The van der Waals surface area contributed by atoms with Crippen molar-refractivity contribution < 1.29 is 14.3 Å². The van der Waals surface area contributed by atoms with Crippen LogP contribution < -0.4 is 0 Å². The van der Waals surface area contributed by atoms with Crippen LogP contribution in [0.5, 0.6) is 0 Å². The Morgan fingerprint density at radius 3 is 2.91 bits per heavy atom. The van der Waals surface area contributed by atoms with Crippen LogP contribution >= 0.6 is 0 Å². The van der Waals surface area contributed by atoms with E-state index in [-0.39, 0.29) is 0 Å². The topological polar surface area (TPSA) is 55.1 Å². The van der Waals surface area contributed by atoms with Gasteiger partial charge in [0.2, 0.25) is 5.95 Å². The molecule has 0 aliphatic heterocycles. The van der Waals surface area contributed by atoms with E-state index in [1.807, 2.05) is 0 Å². The molecule has 0 aliphatic carbocycles. The molecular formula is C6H7FN2O2. The van der Waals surface area contributed by atoms with Gasteiger partial charge in [-0.25, -0.2) is 4.79 Å². The summed E-state index contributed by atoms with van der Waals surface area (Å²) in [5, 5.41) is 11.8. The monoisotopic (exact) mass is 158 g/mol. The minimum Gasteiger partial charge on any atom is -0.480 e. The number of carbonyl (C=O) groups is 1. The van der Waals surface area contributed by atoms with Crippen LogP contribution in [0.15, 0.2) is 12.3 Å². The molecule has 0 spiro atoms. The summed E-state index contributed by atoms with van der Waals surface area (Å²) < 4.78 is 13.3. The molecule has 1 unspecified atom stereocenters. The number of halogens is 1. The summed E-state index contributed by atoms with van der Waals surface area (Å²) in [5.41, 5.74) is 0. The lowest BCUT2D eigenvalue weighted by molar-refractivity contribution is -0.140. The summed E-state index contributed by atoms with van der Waals surface area (Å²) in [6.07, 6.45) is 1.29. The zero-order chi connectivity index (χ0) is 8.43. The lowest BCUT2D eigenvalue weighted by atomic mass is 10.4. The zero-order valence-electron chi connectivity index (χ0n) is 5.86. The van der Waals surface area contributed by atoms with Gasteiger partial charge < -0.3 is 5.11 Å². The van der Waals surface area contributed by atoms with E-state index in [2.05, 4.69) is 5.10 Å². The predicted molar refractivity (Wildman–Crippen MR) is 34.5 cm³/mol. The molecule has 1 atom stereocenters. The molecule has 1 aromatic heterocycles. The van der Waals surface area contributed by atoms with Gasteiger partial charge in [0.15, 0.2) is 0 Å². The van der Waals surface area contributed by atoms with E-state index in [4.69, 9.17) is 5.11 Å². The molecule has 5 heteroatoms. The van der Waals surface area contributed by atoms with Crippen molar-refractivity contribution in [1.29, 1.82) is 0 Å². The quantitative estimate of drug-likeness (QED) is 0.688. The van der Waals surface area contributed by atoms with Crippen LogP contribution in [0.25, 0.3) is 0 Å². The normalized spacial score (nSPS) is 12.9. The van der Waals surface area contributed by atoms with Crippen molar-refractivity contribution in [3.63, 3.8) is 0 Å². The molecule has 1 rings (SSSR count). The maximum atomic E-state index is 12.2. The van der Waals surface area contributed by atoms with Crippen molar-refractivity contribution in [2.24, 2.45) is 0 Å². The van der Waals surface area contributed by atoms with Crippen LogP contribution in [0.4, 0.5) is 4.39 Å². The van der Waals surface area contributed by atoms with Gasteiger partial charge in [0, 0.05) is 12.3 Å². The second-order valence-corrected chi connectivity index (χ2v) is 2.13. The highest BCUT2D eigenvalue weighted by atomic mass is 19.1. The van der Waals surface area contributed by atoms with Crippen LogP contribution in [0.2, 0.25) is 0 Å². The van der Waals surface area contributed by atoms with E-state index in [0.29, 0.717) is 0 Å². The molecule has 0 bridgehead atoms. The number of carboxylic acids is 1. The van der Waals surface area contributed by atoms with Crippen LogP contribution in [-0.2, 0) is 4.79 Å². The standard InChI is InChI=1S/C6H7FN2O2/c1-4(6(10)11)9-3-2-5(7)8-9/h2-4H,1H3,(H,10,11). The Morgan fingerprint density at radius 2 is 2.55 bits per heavy atom. The fraction of sp³-hybridized carbons (Fsp3) is 0.333. The summed E-state index contributed by atoms with van der Waals surface area (Å²) in [7, 11) is 0. The molecule has 0 aromatic carbocycles. The van der Waals surface area contributed by atoms with Crippen LogP contribution in [0.3, 0.4) is 0 Å². The molecule has 1 heterocycles. The number of aromatic nitrogens is 2. The number of aliphatic carboxylic acids is 1. The maximum absolute atomic E-state index is 12.2. The van der Waals surface area contributed by atoms with Gasteiger partial charge in [-0.1, -0.05) is 0 Å². The molecule has 4 nitrogen and oxygen atoms in total. The minimum atomic E-state index is -1.03. The number of rotatable bonds is 2. The predicted octanol–water partition coefficient (Wildman–Crippen LogP) is 0.668. The van der Waals surface area contributed by atoms with E-state index in [9.17, 15) is 9.18 Å². The third-order valence-electron chi connectivity index (χ3n) is 1.33. The first kappa shape index (κ1) is 7.71. The van der Waals surface area contributed by atoms with Gasteiger partial charge in [-0.3, -0.25) is 4.68 Å². The summed E-state index contributed by atoms with van der Waals surface area (Å²) in [4.78, 5) is 10.3. The molecule has 1 N–H and O–H groups in total. The first-order valence-corrected chi connectivity index (χ1v) is 3.04. The summed E-state index contributed by atoms with van der Waals surface area (Å²) in [5.74, 6) is -1.70. The van der Waals surface area contributed by atoms with Crippen LogP contribution in [0, 0.1) is 5.95 Å². The Balaban J connectivity index is 2.84. The Labute approximate surface area is 62.3 Å². The van der Waals surface area contributed by atoms with Gasteiger partial charge in [0.05, 0.1) is 0 Å². The molecule has 0 saturated heterocycles. The smallest absolute Gasteiger partial charge is 0.328 e. The fourth-order valence-corrected chi connectivity index (χ4v) is 0.644. The van der Waals surface area contributed by atoms with Crippen LogP contribution in [0.1, 0.15) is 13.0 Å². The SMILES string of the molecule is CC(C(=O)O)n1ccc(F)n1. The highest BCUT2D eigenvalue weighted by Gasteiger charge is 2.13. The summed E-state index contributed by atoms with van der Waals surface area (Å²) >= 11 is 0. The Hall–Kier alpha value is -1.39. The number of carboxylic acid groups (broad SMARTS) is 1. The van der Waals surface area contributed by atoms with E-state index >= 15 is 0 Å². The van der Waals surface area contributed by atoms with Gasteiger partial charge in [-0.15, -0.1) is 5.10 Å². The molecule has 0 saturated carbocycles. The lowest BCUT2D eigenvalue weighted by Gasteiger charge is -2.04. The van der Waals surface area contributed by atoms with Gasteiger partial charge in [0.25, 0.3) is 0 Å². The van der Waals surface area contributed by atoms with Gasteiger partial charge in [-0.05, 0) is 6.92 Å². The number of hydrogen-bond acceptors (Lipinski definition) is 2. The second kappa shape index (κ2) is 2.69. The number of hydrogen-bond donors (Lipinski definition) is 1. The van der Waals surface area contributed by atoms with E-state index in [0.717, 1.165) is 10.7 Å². The Kier molecular flexibility index (Phi) is 1.89. The zero-order valence-corrected chi connectivity index (χ0v) is 5.86. The second-order valence-electron chi connectivity index (χ2n) is 2.13. The molecule has 11 heavy (non-hydrogen) atoms. The van der Waals surface area contributed by atoms with Gasteiger partial charge in [-0.2, -0.15) is 4.39 Å². The van der Waals surface area contributed by atoms with Gasteiger partial charge in [0.1, 0.15) is 6.04 Å². The van der Waals surface area contributed by atoms with Crippen molar-refractivity contribution in [3.05, 3.63) is 18.2 Å². The van der Waals surface area contributed by atoms with E-state index < -0.39 is 18.0 Å². The first-order valence-electron chi connectivity index (χ1n) is 3.04. The van der Waals surface area contributed by atoms with Crippen molar-refractivity contribution in [2.45, 2.75) is 13.0 Å². The van der Waals surface area contributed by atoms with Crippen molar-refractivity contribution in [2.75, 3.05) is 0 Å².